The van der Waals surface area contributed by atoms with Gasteiger partial charge in [-0.15, -0.1) is 0 Å². The molecule has 0 saturated heterocycles. The van der Waals surface area contributed by atoms with Crippen LogP contribution in [0.25, 0.3) is 0 Å². The Morgan fingerprint density at radius 2 is 2.04 bits per heavy atom. The molecule has 0 radical (unpaired) electrons. The lowest BCUT2D eigenvalue weighted by Crippen LogP contribution is -3.08. The number of carbonyl (C=O) groups is 2. The lowest BCUT2D eigenvalue weighted by atomic mass is 10.2. The standard InChI is InChI=1S/C18H21Cl2N3O3/c1-22(10-13-5-6-14(19)8-16(13)20)12-18(25)23(2)11-17(24)21-9-15-4-3-7-26-15/h3-8H,9-12H2,1-2H3,(H,21,24)/p+1. The van der Waals surface area contributed by atoms with Crippen LogP contribution in [0, 0.1) is 0 Å². The van der Waals surface area contributed by atoms with Gasteiger partial charge in [-0.1, -0.05) is 29.3 Å². The minimum atomic E-state index is -0.240. The number of nitrogens with zero attached hydrogens (tertiary/aromatic N) is 1. The molecule has 2 aromatic rings. The Balaban J connectivity index is 1.77. The fourth-order valence-corrected chi connectivity index (χ4v) is 2.88. The number of quaternary nitrogens is 1. The number of hydrogen-bond donors (Lipinski definition) is 2. The Morgan fingerprint density at radius 3 is 2.69 bits per heavy atom. The highest BCUT2D eigenvalue weighted by Crippen LogP contribution is 2.20. The molecular weight excluding hydrogens is 377 g/mol. The summed E-state index contributed by atoms with van der Waals surface area (Å²) in [5.41, 5.74) is 0.917. The predicted octanol–water partition coefficient (Wildman–Crippen LogP) is 1.38. The van der Waals surface area contributed by atoms with E-state index in [0.717, 1.165) is 10.5 Å². The van der Waals surface area contributed by atoms with Crippen molar-refractivity contribution in [2.75, 3.05) is 27.2 Å². The molecule has 0 spiro atoms. The first kappa shape index (κ1) is 20.3. The van der Waals surface area contributed by atoms with E-state index < -0.39 is 0 Å². The Bertz CT molecular complexity index is 750. The van der Waals surface area contributed by atoms with Gasteiger partial charge in [-0.25, -0.2) is 0 Å². The Labute approximate surface area is 162 Å². The Hall–Kier alpha value is -2.02. The van der Waals surface area contributed by atoms with E-state index in [4.69, 9.17) is 27.6 Å². The van der Waals surface area contributed by atoms with Gasteiger partial charge in [0.05, 0.1) is 31.4 Å². The fourth-order valence-electron chi connectivity index (χ4n) is 2.40. The smallest absolute Gasteiger partial charge is 0.277 e. The van der Waals surface area contributed by atoms with Crippen LogP contribution in [0.3, 0.4) is 0 Å². The molecule has 2 amide bonds. The molecule has 0 fully saturated rings. The second-order valence-electron chi connectivity index (χ2n) is 6.15. The third-order valence-corrected chi connectivity index (χ3v) is 4.39. The maximum Gasteiger partial charge on any atom is 0.277 e. The molecule has 0 saturated carbocycles. The topological polar surface area (TPSA) is 67.0 Å². The number of furan rings is 1. The first-order valence-electron chi connectivity index (χ1n) is 8.13. The number of benzene rings is 1. The molecule has 26 heavy (non-hydrogen) atoms. The van der Waals surface area contributed by atoms with Crippen molar-refractivity contribution in [1.82, 2.24) is 10.2 Å². The summed E-state index contributed by atoms with van der Waals surface area (Å²) in [5.74, 6) is 0.299. The van der Waals surface area contributed by atoms with Crippen LogP contribution < -0.4 is 10.2 Å². The molecule has 0 aliphatic heterocycles. The number of rotatable bonds is 8. The Kier molecular flexibility index (Phi) is 7.50. The summed E-state index contributed by atoms with van der Waals surface area (Å²) in [5, 5.41) is 3.87. The van der Waals surface area contributed by atoms with Gasteiger partial charge in [0, 0.05) is 17.6 Å². The summed E-state index contributed by atoms with van der Waals surface area (Å²) in [6, 6.07) is 8.83. The quantitative estimate of drug-likeness (QED) is 0.705. The normalized spacial score (nSPS) is 11.8. The Morgan fingerprint density at radius 1 is 1.27 bits per heavy atom. The van der Waals surface area contributed by atoms with Crippen LogP contribution in [-0.2, 0) is 22.7 Å². The number of halogens is 2. The summed E-state index contributed by atoms with van der Waals surface area (Å²) < 4.78 is 5.14. The van der Waals surface area contributed by atoms with Crippen molar-refractivity contribution in [1.29, 1.82) is 0 Å². The van der Waals surface area contributed by atoms with Crippen LogP contribution in [0.5, 0.6) is 0 Å². The summed E-state index contributed by atoms with van der Waals surface area (Å²) >= 11 is 12.1. The zero-order valence-electron chi connectivity index (χ0n) is 14.7. The third-order valence-electron chi connectivity index (χ3n) is 3.81. The second-order valence-corrected chi connectivity index (χ2v) is 7.00. The minimum Gasteiger partial charge on any atom is -0.467 e. The first-order valence-corrected chi connectivity index (χ1v) is 8.89. The molecule has 1 unspecified atom stereocenters. The molecule has 1 aromatic carbocycles. The van der Waals surface area contributed by atoms with Crippen molar-refractivity contribution in [3.8, 4) is 0 Å². The van der Waals surface area contributed by atoms with Crippen LogP contribution in [0.1, 0.15) is 11.3 Å². The van der Waals surface area contributed by atoms with Crippen molar-refractivity contribution < 1.29 is 18.9 Å². The predicted molar refractivity (Wildman–Crippen MR) is 100 cm³/mol. The highest BCUT2D eigenvalue weighted by atomic mass is 35.5. The van der Waals surface area contributed by atoms with E-state index in [1.54, 1.807) is 37.6 Å². The highest BCUT2D eigenvalue weighted by molar-refractivity contribution is 6.35. The van der Waals surface area contributed by atoms with Crippen molar-refractivity contribution in [2.45, 2.75) is 13.1 Å². The zero-order chi connectivity index (χ0) is 19.1. The number of nitrogens with one attached hydrogen (secondary N) is 2. The lowest BCUT2D eigenvalue weighted by Gasteiger charge is -2.20. The number of hydrogen-bond acceptors (Lipinski definition) is 3. The first-order chi connectivity index (χ1) is 12.3. The van der Waals surface area contributed by atoms with Gasteiger partial charge < -0.3 is 19.5 Å². The maximum atomic E-state index is 12.3. The lowest BCUT2D eigenvalue weighted by molar-refractivity contribution is -0.885. The molecule has 140 valence electrons. The molecular formula is C18H22Cl2N3O3+. The number of likely N-dealkylation sites (N-methyl/N-ethyl adjacent to an activating group) is 2. The summed E-state index contributed by atoms with van der Waals surface area (Å²) in [6.45, 7) is 1.13. The van der Waals surface area contributed by atoms with Gasteiger partial charge in [-0.2, -0.15) is 0 Å². The van der Waals surface area contributed by atoms with Crippen LogP contribution in [0.4, 0.5) is 0 Å². The second kappa shape index (κ2) is 9.62. The van der Waals surface area contributed by atoms with Gasteiger partial charge >= 0.3 is 0 Å². The SMILES string of the molecule is CN(CC(=O)NCc1ccco1)C(=O)C[NH+](C)Cc1ccc(Cl)cc1Cl. The third kappa shape index (κ3) is 6.37. The highest BCUT2D eigenvalue weighted by Gasteiger charge is 2.18. The molecule has 0 aliphatic carbocycles. The van der Waals surface area contributed by atoms with Gasteiger partial charge in [0.25, 0.3) is 5.91 Å². The molecule has 8 heteroatoms. The van der Waals surface area contributed by atoms with Crippen molar-refractivity contribution in [3.05, 3.63) is 58.0 Å². The number of carbonyl (C=O) groups excluding carboxylic acids is 2. The van der Waals surface area contributed by atoms with Crippen molar-refractivity contribution >= 4 is 35.0 Å². The summed E-state index contributed by atoms with van der Waals surface area (Å²) in [4.78, 5) is 26.6. The molecule has 0 aliphatic rings. The van der Waals surface area contributed by atoms with E-state index in [9.17, 15) is 9.59 Å². The molecule has 1 atom stereocenters. The van der Waals surface area contributed by atoms with E-state index in [-0.39, 0.29) is 24.9 Å². The largest absolute Gasteiger partial charge is 0.467 e. The van der Waals surface area contributed by atoms with E-state index in [0.29, 0.717) is 28.9 Å². The van der Waals surface area contributed by atoms with Crippen LogP contribution >= 0.6 is 23.2 Å². The monoisotopic (exact) mass is 398 g/mol. The molecule has 0 bridgehead atoms. The van der Waals surface area contributed by atoms with Gasteiger partial charge in [0.1, 0.15) is 12.3 Å². The van der Waals surface area contributed by atoms with Crippen molar-refractivity contribution in [2.24, 2.45) is 0 Å². The summed E-state index contributed by atoms with van der Waals surface area (Å²) in [6.07, 6.45) is 1.54. The maximum absolute atomic E-state index is 12.3. The van der Waals surface area contributed by atoms with E-state index in [1.807, 2.05) is 13.1 Å². The van der Waals surface area contributed by atoms with Gasteiger partial charge in [0.15, 0.2) is 6.54 Å². The van der Waals surface area contributed by atoms with Crippen LogP contribution in [-0.4, -0.2) is 43.9 Å². The van der Waals surface area contributed by atoms with Gasteiger partial charge in [0.2, 0.25) is 5.91 Å². The van der Waals surface area contributed by atoms with E-state index in [2.05, 4.69) is 5.32 Å². The molecule has 1 heterocycles. The average molecular weight is 399 g/mol. The average Bonchev–Trinajstić information content (AvgIpc) is 3.09. The molecule has 1 aromatic heterocycles. The van der Waals surface area contributed by atoms with Gasteiger partial charge in [-0.3, -0.25) is 9.59 Å². The van der Waals surface area contributed by atoms with E-state index >= 15 is 0 Å². The van der Waals surface area contributed by atoms with Gasteiger partial charge in [-0.05, 0) is 24.3 Å². The van der Waals surface area contributed by atoms with Crippen molar-refractivity contribution in [3.63, 3.8) is 0 Å². The number of amides is 2. The minimum absolute atomic E-state index is 0.00543. The molecule has 6 nitrogen and oxygen atoms in total. The van der Waals surface area contributed by atoms with Crippen LogP contribution in [0.2, 0.25) is 10.0 Å². The summed E-state index contributed by atoms with van der Waals surface area (Å²) in [7, 11) is 3.50. The fraction of sp³-hybridized carbons (Fsp3) is 0.333. The molecule has 2 N–H and O–H groups in total. The van der Waals surface area contributed by atoms with Crippen LogP contribution in [0.15, 0.2) is 41.0 Å². The zero-order valence-corrected chi connectivity index (χ0v) is 16.2. The van der Waals surface area contributed by atoms with E-state index in [1.165, 1.54) is 4.90 Å². The molecule has 2 rings (SSSR count).